The number of benzene rings is 1. The Morgan fingerprint density at radius 1 is 1.14 bits per heavy atom. The summed E-state index contributed by atoms with van der Waals surface area (Å²) in [6.07, 6.45) is 3.49. The maximum atomic E-state index is 13.1. The van der Waals surface area contributed by atoms with E-state index >= 15 is 0 Å². The summed E-state index contributed by atoms with van der Waals surface area (Å²) in [6, 6.07) is 5.68. The van der Waals surface area contributed by atoms with Crippen molar-refractivity contribution >= 4 is 23.2 Å². The van der Waals surface area contributed by atoms with Gasteiger partial charge in [0, 0.05) is 30.4 Å². The third kappa shape index (κ3) is 2.89. The van der Waals surface area contributed by atoms with Crippen LogP contribution in [0.15, 0.2) is 36.7 Å². The average molecular weight is 323 g/mol. The van der Waals surface area contributed by atoms with Crippen LogP contribution in [0, 0.1) is 5.82 Å². The molecule has 0 amide bonds. The highest BCUT2D eigenvalue weighted by atomic mass is 35.5. The summed E-state index contributed by atoms with van der Waals surface area (Å²) in [5, 5.41) is 4.60. The lowest BCUT2D eigenvalue weighted by molar-refractivity contribution is 0.628. The van der Waals surface area contributed by atoms with Gasteiger partial charge in [-0.05, 0) is 18.2 Å². The van der Waals surface area contributed by atoms with Gasteiger partial charge in [0.15, 0.2) is 5.82 Å². The third-order valence-electron chi connectivity index (χ3n) is 2.87. The van der Waals surface area contributed by atoms with E-state index in [0.29, 0.717) is 17.1 Å². The summed E-state index contributed by atoms with van der Waals surface area (Å²) >= 11 is 12.1. The van der Waals surface area contributed by atoms with Gasteiger partial charge in [-0.3, -0.25) is 4.68 Å². The summed E-state index contributed by atoms with van der Waals surface area (Å²) in [6.45, 7) is 0. The molecule has 7 heteroatoms. The number of hydrogen-bond acceptors (Lipinski definition) is 3. The van der Waals surface area contributed by atoms with Crippen molar-refractivity contribution < 1.29 is 4.39 Å². The van der Waals surface area contributed by atoms with Gasteiger partial charge in [0.2, 0.25) is 0 Å². The quantitative estimate of drug-likeness (QED) is 0.670. The Hall–Kier alpha value is -1.98. The van der Waals surface area contributed by atoms with Gasteiger partial charge < -0.3 is 0 Å². The van der Waals surface area contributed by atoms with E-state index in [0.717, 1.165) is 5.56 Å². The molecule has 0 N–H and O–H groups in total. The molecule has 2 heterocycles. The molecule has 0 spiro atoms. The van der Waals surface area contributed by atoms with E-state index in [2.05, 4.69) is 15.1 Å². The van der Waals surface area contributed by atoms with E-state index in [1.165, 1.54) is 18.2 Å². The fraction of sp³-hybridized carbons (Fsp3) is 0.0714. The number of aromatic nitrogens is 4. The Bertz CT molecular complexity index is 816. The van der Waals surface area contributed by atoms with Crippen LogP contribution in [0.3, 0.4) is 0 Å². The lowest BCUT2D eigenvalue weighted by Crippen LogP contribution is -1.94. The van der Waals surface area contributed by atoms with Gasteiger partial charge in [0.25, 0.3) is 0 Å². The second-order valence-corrected chi connectivity index (χ2v) is 5.22. The molecule has 0 atom stereocenters. The molecule has 0 saturated heterocycles. The summed E-state index contributed by atoms with van der Waals surface area (Å²) in [5.41, 5.74) is 1.95. The molecule has 0 fully saturated rings. The number of nitrogens with zero attached hydrogens (tertiary/aromatic N) is 4. The fourth-order valence-electron chi connectivity index (χ4n) is 1.91. The zero-order valence-electron chi connectivity index (χ0n) is 10.9. The maximum Gasteiger partial charge on any atom is 0.162 e. The zero-order valence-corrected chi connectivity index (χ0v) is 12.4. The van der Waals surface area contributed by atoms with Crippen molar-refractivity contribution in [1.82, 2.24) is 19.7 Å². The SMILES string of the molecule is Cn1cc(-c2cc(Cl)nc(-c3ccc(F)cc3Cl)n2)cn1. The Morgan fingerprint density at radius 2 is 1.95 bits per heavy atom. The largest absolute Gasteiger partial charge is 0.275 e. The molecule has 3 aromatic rings. The first-order chi connectivity index (χ1) is 10.0. The molecular formula is C14H9Cl2FN4. The van der Waals surface area contributed by atoms with Crippen LogP contribution in [0.25, 0.3) is 22.6 Å². The molecule has 3 rings (SSSR count). The first-order valence-electron chi connectivity index (χ1n) is 6.02. The van der Waals surface area contributed by atoms with Crippen LogP contribution in [0.4, 0.5) is 4.39 Å². The lowest BCUT2D eigenvalue weighted by Gasteiger charge is -2.06. The van der Waals surface area contributed by atoms with Crippen molar-refractivity contribution in [3.63, 3.8) is 0 Å². The molecule has 1 aromatic carbocycles. The van der Waals surface area contributed by atoms with E-state index < -0.39 is 5.82 Å². The minimum Gasteiger partial charge on any atom is -0.275 e. The number of halogens is 3. The van der Waals surface area contributed by atoms with Crippen molar-refractivity contribution in [2.45, 2.75) is 0 Å². The lowest BCUT2D eigenvalue weighted by atomic mass is 10.2. The van der Waals surface area contributed by atoms with Gasteiger partial charge in [-0.15, -0.1) is 0 Å². The van der Waals surface area contributed by atoms with Crippen molar-refractivity contribution in [2.75, 3.05) is 0 Å². The predicted octanol–water partition coefficient (Wildman–Crippen LogP) is 3.99. The highest BCUT2D eigenvalue weighted by molar-refractivity contribution is 6.33. The van der Waals surface area contributed by atoms with Crippen molar-refractivity contribution in [3.05, 3.63) is 52.7 Å². The molecule has 106 valence electrons. The molecule has 2 aromatic heterocycles. The van der Waals surface area contributed by atoms with Gasteiger partial charge in [0.1, 0.15) is 11.0 Å². The molecule has 0 saturated carbocycles. The molecule has 0 unspecified atom stereocenters. The summed E-state index contributed by atoms with van der Waals surface area (Å²) < 4.78 is 14.8. The van der Waals surface area contributed by atoms with Crippen LogP contribution in [-0.2, 0) is 7.05 Å². The van der Waals surface area contributed by atoms with E-state index in [4.69, 9.17) is 23.2 Å². The van der Waals surface area contributed by atoms with Crippen LogP contribution in [0.5, 0.6) is 0 Å². The molecule has 21 heavy (non-hydrogen) atoms. The van der Waals surface area contributed by atoms with Gasteiger partial charge in [-0.1, -0.05) is 23.2 Å². The second-order valence-electron chi connectivity index (χ2n) is 4.43. The molecule has 0 radical (unpaired) electrons. The van der Waals surface area contributed by atoms with Crippen LogP contribution >= 0.6 is 23.2 Å². The molecule has 4 nitrogen and oxygen atoms in total. The van der Waals surface area contributed by atoms with Crippen molar-refractivity contribution in [1.29, 1.82) is 0 Å². The highest BCUT2D eigenvalue weighted by Crippen LogP contribution is 2.29. The first-order valence-corrected chi connectivity index (χ1v) is 6.77. The van der Waals surface area contributed by atoms with Gasteiger partial charge >= 0.3 is 0 Å². The fourth-order valence-corrected chi connectivity index (χ4v) is 2.35. The van der Waals surface area contributed by atoms with E-state index in [9.17, 15) is 4.39 Å². The average Bonchev–Trinajstić information content (AvgIpc) is 2.84. The van der Waals surface area contributed by atoms with Crippen LogP contribution in [-0.4, -0.2) is 19.7 Å². The monoisotopic (exact) mass is 322 g/mol. The predicted molar refractivity (Wildman–Crippen MR) is 79.6 cm³/mol. The number of hydrogen-bond donors (Lipinski definition) is 0. The minimum absolute atomic E-state index is 0.231. The summed E-state index contributed by atoms with van der Waals surface area (Å²) in [4.78, 5) is 8.57. The standard InChI is InChI=1S/C14H9Cl2FN4/c1-21-7-8(6-18-21)12-5-13(16)20-14(19-12)10-3-2-9(17)4-11(10)15/h2-7H,1H3. The summed E-state index contributed by atoms with van der Waals surface area (Å²) in [5.74, 6) is -0.0791. The van der Waals surface area contributed by atoms with Crippen molar-refractivity contribution in [3.8, 4) is 22.6 Å². The first kappa shape index (κ1) is 14.0. The Labute approximate surface area is 130 Å². The van der Waals surface area contributed by atoms with E-state index in [-0.39, 0.29) is 10.2 Å². The summed E-state index contributed by atoms with van der Waals surface area (Å²) in [7, 11) is 1.81. The smallest absolute Gasteiger partial charge is 0.162 e. The molecular weight excluding hydrogens is 314 g/mol. The molecule has 0 bridgehead atoms. The number of aryl methyl sites for hydroxylation is 1. The van der Waals surface area contributed by atoms with Crippen LogP contribution < -0.4 is 0 Å². The number of rotatable bonds is 2. The topological polar surface area (TPSA) is 43.6 Å². The van der Waals surface area contributed by atoms with Crippen LogP contribution in [0.2, 0.25) is 10.2 Å². The minimum atomic E-state index is -0.418. The second kappa shape index (κ2) is 5.42. The van der Waals surface area contributed by atoms with Crippen LogP contribution in [0.1, 0.15) is 0 Å². The Morgan fingerprint density at radius 3 is 2.62 bits per heavy atom. The Balaban J connectivity index is 2.13. The molecule has 0 aliphatic heterocycles. The van der Waals surface area contributed by atoms with E-state index in [1.54, 1.807) is 16.9 Å². The normalized spacial score (nSPS) is 10.9. The van der Waals surface area contributed by atoms with Gasteiger partial charge in [-0.2, -0.15) is 5.10 Å². The van der Waals surface area contributed by atoms with Crippen molar-refractivity contribution in [2.24, 2.45) is 7.05 Å². The third-order valence-corrected chi connectivity index (χ3v) is 3.37. The highest BCUT2D eigenvalue weighted by Gasteiger charge is 2.12. The Kier molecular flexibility index (Phi) is 3.61. The van der Waals surface area contributed by atoms with E-state index in [1.807, 2.05) is 13.2 Å². The maximum absolute atomic E-state index is 13.1. The van der Waals surface area contributed by atoms with Gasteiger partial charge in [0.05, 0.1) is 16.9 Å². The molecule has 0 aliphatic carbocycles. The van der Waals surface area contributed by atoms with Gasteiger partial charge in [-0.25, -0.2) is 14.4 Å². The zero-order chi connectivity index (χ0) is 15.0. The molecule has 0 aliphatic rings.